The van der Waals surface area contributed by atoms with Gasteiger partial charge in [-0.05, 0) is 0 Å². The van der Waals surface area contributed by atoms with E-state index in [2.05, 4.69) is 124 Å². The number of halogens is 3. The van der Waals surface area contributed by atoms with Gasteiger partial charge in [-0.1, -0.05) is 0 Å². The fourth-order valence-electron chi connectivity index (χ4n) is 3.89. The molecule has 0 saturated carbocycles. The molecule has 0 aromatic heterocycles. The van der Waals surface area contributed by atoms with Crippen LogP contribution >= 0.6 is 0 Å². The van der Waals surface area contributed by atoms with Crippen molar-refractivity contribution in [1.29, 1.82) is 0 Å². The first kappa shape index (κ1) is 25.0. The monoisotopic (exact) mass is 476 g/mol. The number of rotatable bonds is 4. The Morgan fingerprint density at radius 1 is 0.571 bits per heavy atom. The van der Waals surface area contributed by atoms with Crippen LogP contribution in [0.25, 0.3) is 0 Å². The normalized spacial score (nSPS) is 12.6. The average Bonchev–Trinajstić information content (AvgIpc) is 3.12. The Hall–Kier alpha value is -1.06. The van der Waals surface area contributed by atoms with Crippen molar-refractivity contribution in [2.24, 2.45) is 0 Å². The number of benzene rings is 3. The van der Waals surface area contributed by atoms with Gasteiger partial charge in [0.2, 0.25) is 0 Å². The molecule has 0 atom stereocenters. The van der Waals surface area contributed by atoms with Gasteiger partial charge < -0.3 is 37.2 Å². The van der Waals surface area contributed by atoms with Crippen LogP contribution in [0.5, 0.6) is 0 Å². The van der Waals surface area contributed by atoms with Crippen LogP contribution in [0.2, 0.25) is 0 Å². The van der Waals surface area contributed by atoms with Crippen LogP contribution in [0.15, 0.2) is 112 Å². The molecule has 0 N–H and O–H groups in total. The van der Waals surface area contributed by atoms with Gasteiger partial charge in [0.25, 0.3) is 0 Å². The quantitative estimate of drug-likeness (QED) is 0.260. The summed E-state index contributed by atoms with van der Waals surface area (Å²) in [4.78, 5) is 0. The molecule has 0 spiro atoms. The zero-order valence-electron chi connectivity index (χ0n) is 15.2. The predicted octanol–water partition coefficient (Wildman–Crippen LogP) is -5.53. The van der Waals surface area contributed by atoms with Gasteiger partial charge in [-0.25, -0.2) is 0 Å². The van der Waals surface area contributed by atoms with Gasteiger partial charge >= 0.3 is 163 Å². The minimum absolute atomic E-state index is 0. The Balaban J connectivity index is 0.00000131. The van der Waals surface area contributed by atoms with Gasteiger partial charge in [-0.15, -0.1) is 0 Å². The first-order valence-corrected chi connectivity index (χ1v) is 11.4. The topological polar surface area (TPSA) is 0 Å². The third-order valence-corrected chi connectivity index (χ3v) is 11.0. The maximum atomic E-state index is 2.38. The van der Waals surface area contributed by atoms with E-state index in [-0.39, 0.29) is 37.2 Å². The molecule has 5 heteroatoms. The van der Waals surface area contributed by atoms with Gasteiger partial charge in [-0.3, -0.25) is 0 Å². The van der Waals surface area contributed by atoms with Crippen molar-refractivity contribution >= 4 is 23.6 Å². The van der Waals surface area contributed by atoms with Gasteiger partial charge in [0, 0.05) is 0 Å². The Morgan fingerprint density at radius 3 is 1.21 bits per heavy atom. The second-order valence-corrected chi connectivity index (χ2v) is 11.1. The number of allylic oxidation sites excluding steroid dienone is 4. The fourth-order valence-corrected chi connectivity index (χ4v) is 10.0. The summed E-state index contributed by atoms with van der Waals surface area (Å²) in [5.74, 6) is 0. The molecule has 0 radical (unpaired) electrons. The molecule has 3 aromatic rings. The second-order valence-electron chi connectivity index (χ2n) is 6.35. The minimum atomic E-state index is -2.26. The Bertz CT molecular complexity index is 829. The molecule has 0 amide bonds. The van der Waals surface area contributed by atoms with Crippen LogP contribution in [0, 0.1) is 0 Å². The third-order valence-electron chi connectivity index (χ3n) is 4.96. The van der Waals surface area contributed by atoms with Crippen LogP contribution < -0.4 is 52.8 Å². The van der Waals surface area contributed by atoms with Gasteiger partial charge in [0.05, 0.1) is 0 Å². The summed E-state index contributed by atoms with van der Waals surface area (Å²) in [5.41, 5.74) is 0. The van der Waals surface area contributed by atoms with E-state index in [4.69, 9.17) is 0 Å². The molecule has 0 saturated heterocycles. The Labute approximate surface area is 198 Å². The molecule has 0 nitrogen and oxygen atoms in total. The molecule has 140 valence electrons. The molecule has 4 rings (SSSR count). The first-order chi connectivity index (χ1) is 12.3. The van der Waals surface area contributed by atoms with Crippen LogP contribution in [0.1, 0.15) is 6.42 Å². The predicted molar refractivity (Wildman–Crippen MR) is 105 cm³/mol. The summed E-state index contributed by atoms with van der Waals surface area (Å²) in [6.45, 7) is 0. The van der Waals surface area contributed by atoms with Gasteiger partial charge in [0.15, 0.2) is 0 Å². The molecule has 0 bridgehead atoms. The van der Waals surface area contributed by atoms with E-state index < -0.39 is 8.07 Å². The SMILES string of the molecule is [Cl-].[Cl-].[Cl-].[Ti+3][C]1=C([Si](c2ccccc2)(c2ccccc2)c2ccccc2)C=CC1. The van der Waals surface area contributed by atoms with Gasteiger partial charge in [-0.2, -0.15) is 0 Å². The van der Waals surface area contributed by atoms with E-state index in [0.717, 1.165) is 6.42 Å². The molecular weight excluding hydrogens is 459 g/mol. The van der Waals surface area contributed by atoms with Crippen LogP contribution in [0.3, 0.4) is 0 Å². The van der Waals surface area contributed by atoms with Crippen molar-refractivity contribution in [1.82, 2.24) is 0 Å². The first-order valence-electron chi connectivity index (χ1n) is 8.62. The molecule has 1 aliphatic rings. The molecule has 3 aromatic carbocycles. The summed E-state index contributed by atoms with van der Waals surface area (Å²) in [7, 11) is -2.26. The zero-order valence-corrected chi connectivity index (χ0v) is 20.0. The molecule has 0 aliphatic heterocycles. The van der Waals surface area contributed by atoms with E-state index in [9.17, 15) is 0 Å². The Morgan fingerprint density at radius 2 is 0.929 bits per heavy atom. The van der Waals surface area contributed by atoms with E-state index in [1.807, 2.05) is 0 Å². The van der Waals surface area contributed by atoms with Crippen molar-refractivity contribution in [3.05, 3.63) is 112 Å². The molecular formula is C23H19Cl3SiTi. The summed E-state index contributed by atoms with van der Waals surface area (Å²) < 4.78 is 1.50. The van der Waals surface area contributed by atoms with Gasteiger partial charge in [0.1, 0.15) is 0 Å². The van der Waals surface area contributed by atoms with E-state index in [1.54, 1.807) is 0 Å². The number of hydrogen-bond acceptors (Lipinski definition) is 0. The molecule has 0 fully saturated rings. The van der Waals surface area contributed by atoms with E-state index in [1.165, 1.54) is 24.6 Å². The summed E-state index contributed by atoms with van der Waals surface area (Å²) >= 11 is 2.30. The van der Waals surface area contributed by atoms with E-state index >= 15 is 0 Å². The Kier molecular flexibility index (Phi) is 10.0. The summed E-state index contributed by atoms with van der Waals surface area (Å²) in [5, 5.41) is 5.89. The number of hydrogen-bond donors (Lipinski definition) is 0. The third kappa shape index (κ3) is 4.41. The summed E-state index contributed by atoms with van der Waals surface area (Å²) in [6.07, 6.45) is 5.77. The maximum absolute atomic E-state index is 2.38. The molecule has 28 heavy (non-hydrogen) atoms. The van der Waals surface area contributed by atoms with Crippen LogP contribution in [-0.2, 0) is 20.4 Å². The van der Waals surface area contributed by atoms with Crippen molar-refractivity contribution in [2.45, 2.75) is 6.42 Å². The van der Waals surface area contributed by atoms with Crippen LogP contribution in [-0.4, -0.2) is 8.07 Å². The molecule has 1 aliphatic carbocycles. The molecule has 0 heterocycles. The fraction of sp³-hybridized carbons (Fsp3) is 0.0435. The van der Waals surface area contributed by atoms with Crippen LogP contribution in [0.4, 0.5) is 0 Å². The van der Waals surface area contributed by atoms with E-state index in [0.29, 0.717) is 0 Å². The standard InChI is InChI=1S/C23H19Si.3ClH.Ti/c1-4-12-20(13-5-1)24(23-18-10-11-19-23,21-14-6-2-7-15-21)22-16-8-3-9-17-22;;;;/h1-10,12-18H,11H2;3*1H;/q;;;;+3/p-3. The zero-order chi connectivity index (χ0) is 17.1. The van der Waals surface area contributed by atoms with Crippen molar-refractivity contribution < 1.29 is 57.7 Å². The van der Waals surface area contributed by atoms with Crippen molar-refractivity contribution in [3.63, 3.8) is 0 Å². The van der Waals surface area contributed by atoms with Crippen molar-refractivity contribution in [2.75, 3.05) is 0 Å². The second kappa shape index (κ2) is 11.2. The average molecular weight is 478 g/mol. The summed E-state index contributed by atoms with van der Waals surface area (Å²) in [6, 6.07) is 33.3. The van der Waals surface area contributed by atoms with Crippen molar-refractivity contribution in [3.8, 4) is 0 Å². The molecule has 0 unspecified atom stereocenters.